The van der Waals surface area contributed by atoms with Crippen LogP contribution in [0.3, 0.4) is 0 Å². The molecule has 0 unspecified atom stereocenters. The Labute approximate surface area is 378 Å². The van der Waals surface area contributed by atoms with Gasteiger partial charge in [0.15, 0.2) is 37.7 Å². The molecule has 0 saturated carbocycles. The molecule has 5 saturated heterocycles. The Morgan fingerprint density at radius 3 is 0.925 bits per heavy atom. The van der Waals surface area contributed by atoms with E-state index in [2.05, 4.69) is 0 Å². The molecular weight excluding hydrogens is 928 g/mol. The molecule has 392 valence electrons. The van der Waals surface area contributed by atoms with E-state index in [0.29, 0.717) is 0 Å². The first kappa shape index (κ1) is 56.4. The van der Waals surface area contributed by atoms with Gasteiger partial charge in [-0.25, -0.2) is 0 Å². The lowest BCUT2D eigenvalue weighted by Gasteiger charge is -2.48. The third-order valence-electron chi connectivity index (χ3n) is 12.0. The maximum atomic E-state index is 13.3. The number of rotatable bonds is 20. The lowest BCUT2D eigenvalue weighted by Crippen LogP contribution is -2.66. The number of carbonyl (C=O) groups excluding carboxylic acids is 1. The van der Waals surface area contributed by atoms with Crippen molar-refractivity contribution in [3.8, 4) is 0 Å². The van der Waals surface area contributed by atoms with E-state index in [1.54, 1.807) is 0 Å². The standard InChI is InChI=1S/C36H62O31/c37-1-8-15(43)20(48)25(53)32(59-8)58-7-14(65-34-27(55)22(50)17(45)10(3-39)61-34)31(67-36-29(57)24(52)19(47)12(5-41)63-36)30(66-35-28(56)23(51)18(46)11(4-40)62-35)13(6-42)64-33-26(54)21(49)16(44)9(2-38)60-33/h6,8-41,43-57H,1-5,7H2/t8-,9-,10-,11-,12-,13+,14-,15+,16-,17-,18-,19-,20+,21+,22+,23+,24+,25-,26-,27-,28-,29-,30-,31-,32-,33-,34-,35-,36-/m1/s1. The smallest absolute Gasteiger partial charge is 0.187 e. The van der Waals surface area contributed by atoms with Crippen LogP contribution >= 0.6 is 0 Å². The molecule has 29 atom stereocenters. The highest BCUT2D eigenvalue weighted by Gasteiger charge is 2.55. The Morgan fingerprint density at radius 2 is 0.612 bits per heavy atom. The summed E-state index contributed by atoms with van der Waals surface area (Å²) >= 11 is 0. The average molecular weight is 991 g/mol. The summed E-state index contributed by atoms with van der Waals surface area (Å²) in [5.41, 5.74) is 0. The van der Waals surface area contributed by atoms with Gasteiger partial charge in [0.2, 0.25) is 0 Å². The van der Waals surface area contributed by atoms with Crippen LogP contribution in [0.5, 0.6) is 0 Å². The molecule has 20 N–H and O–H groups in total. The van der Waals surface area contributed by atoms with E-state index >= 15 is 0 Å². The quantitative estimate of drug-likeness (QED) is 0.0504. The first-order chi connectivity index (χ1) is 31.7. The zero-order valence-corrected chi connectivity index (χ0v) is 35.0. The number of hydrogen-bond donors (Lipinski definition) is 20. The van der Waals surface area contributed by atoms with Crippen molar-refractivity contribution < 1.29 is 154 Å². The Balaban J connectivity index is 1.69. The van der Waals surface area contributed by atoms with Gasteiger partial charge >= 0.3 is 0 Å². The highest BCUT2D eigenvalue weighted by Crippen LogP contribution is 2.34. The summed E-state index contributed by atoms with van der Waals surface area (Å²) in [5, 5.41) is 210. The highest BCUT2D eigenvalue weighted by molar-refractivity contribution is 5.57. The molecule has 0 aromatic carbocycles. The SMILES string of the molecule is O=C[C@H](O[C@H]1O[C@H](CO)[C@@H](O)[C@H](O)[C@H]1O)[C@@H](O[C@H]1O[C@H](CO)[C@@H](O)[C@H](O)[C@H]1O)[C@H](O[C@H]1O[C@H](CO)[C@@H](O)[C@H](O)[C@H]1O)[C@@H](CO[C@@H]1O[C@H](CO)[C@H](O)[C@H](O)[C@H]1O)O[C@H]1O[C@H](CO)[C@@H](O)[C@H](O)[C@H]1O. The van der Waals surface area contributed by atoms with Crippen molar-refractivity contribution in [3.63, 3.8) is 0 Å². The summed E-state index contributed by atoms with van der Waals surface area (Å²) in [6.07, 6.45) is -62.3. The van der Waals surface area contributed by atoms with Gasteiger partial charge < -0.3 is 154 Å². The Kier molecular flexibility index (Phi) is 20.8. The summed E-state index contributed by atoms with van der Waals surface area (Å²) in [6, 6.07) is 0. The molecule has 31 heteroatoms. The predicted octanol–water partition coefficient (Wildman–Crippen LogP) is -14.3. The van der Waals surface area contributed by atoms with E-state index in [9.17, 15) is 107 Å². The predicted molar refractivity (Wildman–Crippen MR) is 200 cm³/mol. The second-order valence-electron chi connectivity index (χ2n) is 16.4. The van der Waals surface area contributed by atoms with Crippen molar-refractivity contribution in [1.82, 2.24) is 0 Å². The van der Waals surface area contributed by atoms with Gasteiger partial charge in [0.1, 0.15) is 146 Å². The molecule has 0 spiro atoms. The minimum absolute atomic E-state index is 0.150. The van der Waals surface area contributed by atoms with Gasteiger partial charge in [-0.2, -0.15) is 0 Å². The summed E-state index contributed by atoms with van der Waals surface area (Å²) in [4.78, 5) is 13.3. The topological polar surface area (TPSA) is 514 Å². The van der Waals surface area contributed by atoms with E-state index < -0.39 is 218 Å². The molecule has 67 heavy (non-hydrogen) atoms. The van der Waals surface area contributed by atoms with Crippen LogP contribution in [0.2, 0.25) is 0 Å². The minimum atomic E-state index is -2.54. The lowest BCUT2D eigenvalue weighted by molar-refractivity contribution is -0.378. The molecule has 5 fully saturated rings. The van der Waals surface area contributed by atoms with Crippen LogP contribution in [0.4, 0.5) is 0 Å². The van der Waals surface area contributed by atoms with Gasteiger partial charge in [-0.15, -0.1) is 0 Å². The van der Waals surface area contributed by atoms with Crippen molar-refractivity contribution in [3.05, 3.63) is 0 Å². The lowest BCUT2D eigenvalue weighted by atomic mass is 9.96. The van der Waals surface area contributed by atoms with E-state index in [-0.39, 0.29) is 6.29 Å². The number of aliphatic hydroxyl groups is 20. The molecule has 0 bridgehead atoms. The molecule has 31 nitrogen and oxygen atoms in total. The molecule has 0 aromatic heterocycles. The Morgan fingerprint density at radius 1 is 0.343 bits per heavy atom. The number of ether oxygens (including phenoxy) is 10. The normalized spacial score (nSPS) is 48.3. The minimum Gasteiger partial charge on any atom is -0.394 e. The molecule has 5 heterocycles. The highest BCUT2D eigenvalue weighted by atomic mass is 16.8. The van der Waals surface area contributed by atoms with Crippen LogP contribution in [-0.4, -0.2) is 326 Å². The van der Waals surface area contributed by atoms with Crippen LogP contribution in [0, 0.1) is 0 Å². The third kappa shape index (κ3) is 12.2. The maximum absolute atomic E-state index is 13.3. The number of aldehydes is 1. The number of carbonyl (C=O) groups is 1. The zero-order chi connectivity index (χ0) is 49.8. The van der Waals surface area contributed by atoms with Crippen molar-refractivity contribution in [2.24, 2.45) is 0 Å². The first-order valence-electron chi connectivity index (χ1n) is 20.9. The Bertz CT molecular complexity index is 1480. The van der Waals surface area contributed by atoms with Gasteiger partial charge in [-0.05, 0) is 0 Å². The van der Waals surface area contributed by atoms with Crippen molar-refractivity contribution >= 4 is 6.29 Å². The van der Waals surface area contributed by atoms with Crippen molar-refractivity contribution in [2.75, 3.05) is 39.6 Å². The fourth-order valence-corrected chi connectivity index (χ4v) is 7.87. The summed E-state index contributed by atoms with van der Waals surface area (Å²) < 4.78 is 56.8. The molecule has 0 aliphatic carbocycles. The zero-order valence-electron chi connectivity index (χ0n) is 35.0. The van der Waals surface area contributed by atoms with Crippen LogP contribution in [-0.2, 0) is 52.2 Å². The van der Waals surface area contributed by atoms with Gasteiger partial charge in [0, 0.05) is 0 Å². The van der Waals surface area contributed by atoms with Crippen molar-refractivity contribution in [1.29, 1.82) is 0 Å². The second-order valence-corrected chi connectivity index (χ2v) is 16.4. The average Bonchev–Trinajstić information content (AvgIpc) is 3.32. The monoisotopic (exact) mass is 990 g/mol. The first-order valence-corrected chi connectivity index (χ1v) is 20.9. The van der Waals surface area contributed by atoms with E-state index in [1.165, 1.54) is 0 Å². The maximum Gasteiger partial charge on any atom is 0.187 e. The molecule has 5 aliphatic heterocycles. The molecule has 0 radical (unpaired) electrons. The molecule has 0 aromatic rings. The van der Waals surface area contributed by atoms with Crippen LogP contribution in [0.15, 0.2) is 0 Å². The summed E-state index contributed by atoms with van der Waals surface area (Å²) in [6.45, 7) is -6.47. The van der Waals surface area contributed by atoms with Gasteiger partial charge in [0.05, 0.1) is 39.6 Å². The van der Waals surface area contributed by atoms with Crippen LogP contribution < -0.4 is 0 Å². The van der Waals surface area contributed by atoms with E-state index in [0.717, 1.165) is 0 Å². The number of hydrogen-bond acceptors (Lipinski definition) is 31. The van der Waals surface area contributed by atoms with Gasteiger partial charge in [-0.3, -0.25) is 0 Å². The molecule has 0 amide bonds. The van der Waals surface area contributed by atoms with E-state index in [4.69, 9.17) is 47.4 Å². The third-order valence-corrected chi connectivity index (χ3v) is 12.0. The summed E-state index contributed by atoms with van der Waals surface area (Å²) in [7, 11) is 0. The van der Waals surface area contributed by atoms with Crippen LogP contribution in [0.25, 0.3) is 0 Å². The summed E-state index contributed by atoms with van der Waals surface area (Å²) in [5.74, 6) is 0. The van der Waals surface area contributed by atoms with Gasteiger partial charge in [-0.1, -0.05) is 0 Å². The molecule has 5 aliphatic rings. The van der Waals surface area contributed by atoms with E-state index in [1.807, 2.05) is 0 Å². The van der Waals surface area contributed by atoms with Gasteiger partial charge in [0.25, 0.3) is 0 Å². The molecular formula is C36H62O31. The largest absolute Gasteiger partial charge is 0.394 e. The number of aliphatic hydroxyl groups excluding tert-OH is 20. The second kappa shape index (κ2) is 24.7. The molecule has 5 rings (SSSR count). The van der Waals surface area contributed by atoms with Crippen LogP contribution in [0.1, 0.15) is 0 Å². The fourth-order valence-electron chi connectivity index (χ4n) is 7.87. The van der Waals surface area contributed by atoms with Crippen molar-refractivity contribution in [2.45, 2.75) is 178 Å². The fraction of sp³-hybridized carbons (Fsp3) is 0.972. The Hall–Kier alpha value is -1.53.